The molecule has 2 heterocycles. The molecule has 4 heteroatoms. The van der Waals surface area contributed by atoms with Gasteiger partial charge in [-0.2, -0.15) is 0 Å². The van der Waals surface area contributed by atoms with Gasteiger partial charge in [0.05, 0.1) is 6.57 Å². The van der Waals surface area contributed by atoms with Crippen LogP contribution < -0.4 is 5.56 Å². The van der Waals surface area contributed by atoms with E-state index < -0.39 is 0 Å². The highest BCUT2D eigenvalue weighted by atomic mass is 16.1. The van der Waals surface area contributed by atoms with Crippen LogP contribution in [0.2, 0.25) is 0 Å². The average molecular weight is 241 g/mol. The summed E-state index contributed by atoms with van der Waals surface area (Å²) < 4.78 is 1.42. The topological polar surface area (TPSA) is 38.7 Å². The van der Waals surface area contributed by atoms with Gasteiger partial charge in [-0.3, -0.25) is 9.20 Å². The lowest BCUT2D eigenvalue weighted by molar-refractivity contribution is 0.406. The van der Waals surface area contributed by atoms with Crippen molar-refractivity contribution in [2.75, 3.05) is 0 Å². The van der Waals surface area contributed by atoms with Crippen LogP contribution in [0.1, 0.15) is 26.5 Å². The van der Waals surface area contributed by atoms with E-state index in [1.165, 1.54) is 10.6 Å². The number of aromatic nitrogens is 2. The average Bonchev–Trinajstić information content (AvgIpc) is 2.26. The molecular formula is C14H15N3O. The van der Waals surface area contributed by atoms with E-state index in [0.29, 0.717) is 11.3 Å². The van der Waals surface area contributed by atoms with E-state index in [1.807, 2.05) is 0 Å². The molecule has 0 spiro atoms. The smallest absolute Gasteiger partial charge is 0.256 e. The molecule has 0 amide bonds. The molecule has 0 aliphatic rings. The summed E-state index contributed by atoms with van der Waals surface area (Å²) in [5.41, 5.74) is 1.78. The lowest BCUT2D eigenvalue weighted by atomic mass is 9.90. The second-order valence-corrected chi connectivity index (χ2v) is 5.55. The van der Waals surface area contributed by atoms with Crippen LogP contribution in [0.15, 0.2) is 29.2 Å². The van der Waals surface area contributed by atoms with Crippen LogP contribution >= 0.6 is 0 Å². The van der Waals surface area contributed by atoms with E-state index >= 15 is 0 Å². The Hall–Kier alpha value is -2.15. The Bertz CT molecular complexity index is 687. The van der Waals surface area contributed by atoms with Crippen LogP contribution in [-0.2, 0) is 6.42 Å². The molecule has 0 N–H and O–H groups in total. The molecule has 0 atom stereocenters. The number of pyridine rings is 1. The molecule has 0 radical (unpaired) electrons. The van der Waals surface area contributed by atoms with Crippen molar-refractivity contribution in [3.63, 3.8) is 0 Å². The lowest BCUT2D eigenvalue weighted by Gasteiger charge is -2.17. The predicted molar refractivity (Wildman–Crippen MR) is 70.9 cm³/mol. The van der Waals surface area contributed by atoms with Crippen LogP contribution in [0.5, 0.6) is 0 Å². The van der Waals surface area contributed by atoms with E-state index in [2.05, 4.69) is 30.6 Å². The van der Waals surface area contributed by atoms with E-state index in [-0.39, 0.29) is 11.0 Å². The van der Waals surface area contributed by atoms with Gasteiger partial charge in [-0.15, -0.1) is 0 Å². The molecule has 0 unspecified atom stereocenters. The molecule has 2 rings (SSSR count). The minimum absolute atomic E-state index is 0.0915. The van der Waals surface area contributed by atoms with Gasteiger partial charge < -0.3 is 0 Å². The van der Waals surface area contributed by atoms with E-state index in [9.17, 15) is 4.79 Å². The Labute approximate surface area is 106 Å². The van der Waals surface area contributed by atoms with Crippen molar-refractivity contribution in [1.29, 1.82) is 0 Å². The van der Waals surface area contributed by atoms with Crippen molar-refractivity contribution >= 4 is 11.3 Å². The van der Waals surface area contributed by atoms with Crippen molar-refractivity contribution in [3.05, 3.63) is 51.9 Å². The second-order valence-electron chi connectivity index (χ2n) is 5.55. The molecule has 4 nitrogen and oxygen atoms in total. The van der Waals surface area contributed by atoms with Gasteiger partial charge in [0.1, 0.15) is 5.65 Å². The summed E-state index contributed by atoms with van der Waals surface area (Å²) >= 11 is 0. The zero-order valence-electron chi connectivity index (χ0n) is 10.8. The van der Waals surface area contributed by atoms with Gasteiger partial charge in [-0.25, -0.2) is 9.83 Å². The first kappa shape index (κ1) is 12.3. The number of hydrogen-bond donors (Lipinski definition) is 0. The Morgan fingerprint density at radius 3 is 2.72 bits per heavy atom. The molecular weight excluding hydrogens is 226 g/mol. The van der Waals surface area contributed by atoms with Gasteiger partial charge in [-0.1, -0.05) is 26.8 Å². The minimum atomic E-state index is -0.134. The monoisotopic (exact) mass is 241 g/mol. The van der Waals surface area contributed by atoms with Crippen LogP contribution in [-0.4, -0.2) is 9.38 Å². The molecule has 0 aromatic carbocycles. The maximum Gasteiger partial charge on any atom is 0.256 e. The van der Waals surface area contributed by atoms with Crippen LogP contribution in [0.3, 0.4) is 0 Å². The fourth-order valence-corrected chi connectivity index (χ4v) is 1.84. The molecule has 0 fully saturated rings. The highest BCUT2D eigenvalue weighted by Gasteiger charge is 2.13. The summed E-state index contributed by atoms with van der Waals surface area (Å²) in [5.74, 6) is 0. The zero-order chi connectivity index (χ0) is 13.3. The Kier molecular flexibility index (Phi) is 2.92. The third-order valence-electron chi connectivity index (χ3n) is 2.54. The van der Waals surface area contributed by atoms with Gasteiger partial charge in [0.25, 0.3) is 5.56 Å². The molecule has 2 aromatic rings. The summed E-state index contributed by atoms with van der Waals surface area (Å²) in [4.78, 5) is 19.7. The Balaban J connectivity index is 2.58. The van der Waals surface area contributed by atoms with Crippen molar-refractivity contribution in [1.82, 2.24) is 9.38 Å². The molecule has 0 aliphatic heterocycles. The van der Waals surface area contributed by atoms with E-state index in [1.54, 1.807) is 18.2 Å². The molecule has 92 valence electrons. The van der Waals surface area contributed by atoms with Crippen LogP contribution in [0, 0.1) is 12.0 Å². The molecule has 18 heavy (non-hydrogen) atoms. The normalized spacial score (nSPS) is 11.4. The van der Waals surface area contributed by atoms with Gasteiger partial charge in [-0.05, 0) is 17.9 Å². The Morgan fingerprint density at radius 1 is 1.39 bits per heavy atom. The number of hydrogen-bond acceptors (Lipinski definition) is 2. The molecule has 0 aliphatic carbocycles. The van der Waals surface area contributed by atoms with Crippen molar-refractivity contribution in [3.8, 4) is 0 Å². The van der Waals surface area contributed by atoms with Gasteiger partial charge in [0.15, 0.2) is 0 Å². The third kappa shape index (κ3) is 2.57. The summed E-state index contributed by atoms with van der Waals surface area (Å²) in [6.45, 7) is 13.3. The highest BCUT2D eigenvalue weighted by molar-refractivity contribution is 5.50. The van der Waals surface area contributed by atoms with E-state index in [4.69, 9.17) is 6.57 Å². The molecule has 0 saturated heterocycles. The van der Waals surface area contributed by atoms with Crippen molar-refractivity contribution in [2.45, 2.75) is 27.2 Å². The summed E-state index contributed by atoms with van der Waals surface area (Å²) in [6.07, 6.45) is 2.28. The zero-order valence-corrected chi connectivity index (χ0v) is 10.8. The maximum atomic E-state index is 12.0. The number of nitrogens with zero attached hydrogens (tertiary/aromatic N) is 3. The van der Waals surface area contributed by atoms with E-state index in [0.717, 1.165) is 12.1 Å². The van der Waals surface area contributed by atoms with Gasteiger partial charge in [0, 0.05) is 18.0 Å². The van der Waals surface area contributed by atoms with Gasteiger partial charge in [0.2, 0.25) is 5.69 Å². The lowest BCUT2D eigenvalue weighted by Crippen LogP contribution is -2.18. The first-order valence-corrected chi connectivity index (χ1v) is 5.79. The summed E-state index contributed by atoms with van der Waals surface area (Å²) in [7, 11) is 0. The van der Waals surface area contributed by atoms with Crippen LogP contribution in [0.25, 0.3) is 10.5 Å². The Morgan fingerprint density at radius 2 is 2.11 bits per heavy atom. The fraction of sp³-hybridized carbons (Fsp3) is 0.357. The third-order valence-corrected chi connectivity index (χ3v) is 2.54. The van der Waals surface area contributed by atoms with Crippen molar-refractivity contribution in [2.24, 2.45) is 5.41 Å². The van der Waals surface area contributed by atoms with Crippen molar-refractivity contribution < 1.29 is 0 Å². The SMILES string of the molecule is [C-]#[N+]c1ccc2nc(CC(C)(C)C)cc(=O)n2c1. The number of rotatable bonds is 1. The summed E-state index contributed by atoms with van der Waals surface area (Å²) in [6, 6.07) is 4.93. The maximum absolute atomic E-state index is 12.0. The molecule has 0 saturated carbocycles. The number of fused-ring (bicyclic) bond motifs is 1. The molecule has 2 aromatic heterocycles. The molecule has 0 bridgehead atoms. The second kappa shape index (κ2) is 4.26. The van der Waals surface area contributed by atoms with Crippen LogP contribution in [0.4, 0.5) is 5.69 Å². The fourth-order valence-electron chi connectivity index (χ4n) is 1.84. The standard InChI is InChI=1S/C14H15N3O/c1-14(2,3)8-11-7-13(18)17-9-10(15-4)5-6-12(17)16-11/h5-7,9H,8H2,1-3H3. The minimum Gasteiger partial charge on any atom is -0.279 e. The first-order chi connectivity index (χ1) is 8.39. The predicted octanol–water partition coefficient (Wildman–Crippen LogP) is 2.83. The largest absolute Gasteiger partial charge is 0.279 e. The first-order valence-electron chi connectivity index (χ1n) is 5.79. The summed E-state index contributed by atoms with van der Waals surface area (Å²) in [5, 5.41) is 0. The highest BCUT2D eigenvalue weighted by Crippen LogP contribution is 2.19. The quantitative estimate of drug-likeness (QED) is 0.720. The van der Waals surface area contributed by atoms with Gasteiger partial charge >= 0.3 is 0 Å².